The van der Waals surface area contributed by atoms with E-state index in [1.807, 2.05) is 20.8 Å². The van der Waals surface area contributed by atoms with Crippen LogP contribution < -0.4 is 10.1 Å². The van der Waals surface area contributed by atoms with Gasteiger partial charge in [-0.1, -0.05) is 26.5 Å². The van der Waals surface area contributed by atoms with E-state index in [0.29, 0.717) is 58.0 Å². The summed E-state index contributed by atoms with van der Waals surface area (Å²) in [7, 11) is 0. The lowest BCUT2D eigenvalue weighted by atomic mass is 9.96. The van der Waals surface area contributed by atoms with Crippen LogP contribution in [0.1, 0.15) is 32.3 Å². The summed E-state index contributed by atoms with van der Waals surface area (Å²) >= 11 is 0. The van der Waals surface area contributed by atoms with E-state index in [2.05, 4.69) is 11.9 Å². The molecule has 1 aromatic rings. The molecule has 7 heteroatoms. The standard InChI is InChI=1S/C20H27FN2O4.C2H6/c1-3-19(24)23-9-6-16(7-10-23)20(25)22-8-11-26-12-13-27-18-14-17(21)5-4-15(18)2;1-2/h3-5,14,16H,1,6-13H2,2H3,(H,22,25);1-2H3. The third-order valence-electron chi connectivity index (χ3n) is 4.53. The molecule has 2 amide bonds. The van der Waals surface area contributed by atoms with Crippen molar-refractivity contribution < 1.29 is 23.5 Å². The maximum absolute atomic E-state index is 13.2. The number of hydrogen-bond donors (Lipinski definition) is 1. The summed E-state index contributed by atoms with van der Waals surface area (Å²) in [5.41, 5.74) is 0.865. The molecule has 162 valence electrons. The summed E-state index contributed by atoms with van der Waals surface area (Å²) in [5.74, 6) is 0.0131. The van der Waals surface area contributed by atoms with E-state index in [1.165, 1.54) is 18.2 Å². The van der Waals surface area contributed by atoms with Crippen LogP contribution in [0.4, 0.5) is 4.39 Å². The first-order chi connectivity index (χ1) is 14.0. The van der Waals surface area contributed by atoms with E-state index in [1.54, 1.807) is 11.0 Å². The fourth-order valence-corrected chi connectivity index (χ4v) is 2.92. The molecule has 1 saturated heterocycles. The Hall–Kier alpha value is -2.41. The van der Waals surface area contributed by atoms with Gasteiger partial charge in [0.05, 0.1) is 13.2 Å². The zero-order valence-corrected chi connectivity index (χ0v) is 17.7. The smallest absolute Gasteiger partial charge is 0.245 e. The van der Waals surface area contributed by atoms with Gasteiger partial charge in [-0.25, -0.2) is 4.39 Å². The molecule has 0 aliphatic carbocycles. The van der Waals surface area contributed by atoms with Gasteiger partial charge in [-0.05, 0) is 37.5 Å². The maximum Gasteiger partial charge on any atom is 0.245 e. The minimum atomic E-state index is -0.334. The second-order valence-electron chi connectivity index (χ2n) is 6.47. The van der Waals surface area contributed by atoms with Crippen LogP contribution in [0.15, 0.2) is 30.9 Å². The van der Waals surface area contributed by atoms with Crippen LogP contribution in [0.3, 0.4) is 0 Å². The minimum absolute atomic E-state index is 0.00376. The van der Waals surface area contributed by atoms with Crippen molar-refractivity contribution >= 4 is 11.8 Å². The van der Waals surface area contributed by atoms with Crippen molar-refractivity contribution in [3.05, 3.63) is 42.2 Å². The number of nitrogens with one attached hydrogen (secondary N) is 1. The Morgan fingerprint density at radius 2 is 1.93 bits per heavy atom. The fraction of sp³-hybridized carbons (Fsp3) is 0.545. The van der Waals surface area contributed by atoms with E-state index < -0.39 is 0 Å². The maximum atomic E-state index is 13.2. The van der Waals surface area contributed by atoms with Crippen molar-refractivity contribution in [2.75, 3.05) is 39.5 Å². The predicted molar refractivity (Wildman–Crippen MR) is 111 cm³/mol. The van der Waals surface area contributed by atoms with Crippen LogP contribution >= 0.6 is 0 Å². The molecular weight excluding hydrogens is 375 g/mol. The molecule has 1 fully saturated rings. The van der Waals surface area contributed by atoms with Crippen LogP contribution in [0.5, 0.6) is 5.75 Å². The van der Waals surface area contributed by atoms with Crippen LogP contribution in [0, 0.1) is 18.7 Å². The zero-order chi connectivity index (χ0) is 21.6. The van der Waals surface area contributed by atoms with Crippen molar-refractivity contribution in [3.8, 4) is 5.75 Å². The van der Waals surface area contributed by atoms with Crippen molar-refractivity contribution in [2.45, 2.75) is 33.6 Å². The van der Waals surface area contributed by atoms with Crippen molar-refractivity contribution in [1.29, 1.82) is 0 Å². The molecule has 0 unspecified atom stereocenters. The molecular formula is C22H33FN2O4. The van der Waals surface area contributed by atoms with Gasteiger partial charge in [-0.2, -0.15) is 0 Å². The van der Waals surface area contributed by atoms with Crippen LogP contribution in [0.25, 0.3) is 0 Å². The van der Waals surface area contributed by atoms with E-state index in [9.17, 15) is 14.0 Å². The number of hydrogen-bond acceptors (Lipinski definition) is 4. The third kappa shape index (κ3) is 8.64. The van der Waals surface area contributed by atoms with Crippen molar-refractivity contribution in [1.82, 2.24) is 10.2 Å². The van der Waals surface area contributed by atoms with Gasteiger partial charge in [0.15, 0.2) is 0 Å². The molecule has 0 saturated carbocycles. The average molecular weight is 409 g/mol. The number of amides is 2. The summed E-state index contributed by atoms with van der Waals surface area (Å²) in [5, 5.41) is 2.86. The normalized spacial score (nSPS) is 13.9. The van der Waals surface area contributed by atoms with Gasteiger partial charge in [0.25, 0.3) is 0 Å². The first-order valence-corrected chi connectivity index (χ1v) is 10.2. The molecule has 29 heavy (non-hydrogen) atoms. The van der Waals surface area contributed by atoms with Crippen LogP contribution in [0.2, 0.25) is 0 Å². The topological polar surface area (TPSA) is 67.9 Å². The first kappa shape index (κ1) is 24.6. The lowest BCUT2D eigenvalue weighted by Gasteiger charge is -2.30. The Morgan fingerprint density at radius 3 is 2.59 bits per heavy atom. The quantitative estimate of drug-likeness (QED) is 0.504. The zero-order valence-electron chi connectivity index (χ0n) is 17.7. The first-order valence-electron chi connectivity index (χ1n) is 10.2. The Bertz CT molecular complexity index is 658. The summed E-state index contributed by atoms with van der Waals surface area (Å²) in [6.45, 7) is 12.0. The molecule has 1 aromatic carbocycles. The fourth-order valence-electron chi connectivity index (χ4n) is 2.92. The Morgan fingerprint density at radius 1 is 1.24 bits per heavy atom. The molecule has 1 N–H and O–H groups in total. The number of ether oxygens (including phenoxy) is 2. The minimum Gasteiger partial charge on any atom is -0.491 e. The molecule has 0 aromatic heterocycles. The Labute approximate surface area is 173 Å². The second-order valence-corrected chi connectivity index (χ2v) is 6.47. The highest BCUT2D eigenvalue weighted by Crippen LogP contribution is 2.19. The van der Waals surface area contributed by atoms with Crippen molar-refractivity contribution in [2.24, 2.45) is 5.92 Å². The third-order valence-corrected chi connectivity index (χ3v) is 4.53. The van der Waals surface area contributed by atoms with Crippen LogP contribution in [-0.2, 0) is 14.3 Å². The largest absolute Gasteiger partial charge is 0.491 e. The summed E-state index contributed by atoms with van der Waals surface area (Å²) in [4.78, 5) is 25.4. The number of rotatable bonds is 9. The number of piperidine rings is 1. The van der Waals surface area contributed by atoms with E-state index in [0.717, 1.165) is 5.56 Å². The molecule has 2 rings (SSSR count). The van der Waals surface area contributed by atoms with Gasteiger partial charge in [-0.3, -0.25) is 9.59 Å². The number of likely N-dealkylation sites (tertiary alicyclic amines) is 1. The molecule has 1 aliphatic rings. The number of halogens is 1. The molecule has 1 heterocycles. The SMILES string of the molecule is C=CC(=O)N1CCC(C(=O)NCCOCCOc2cc(F)ccc2C)CC1.CC. The summed E-state index contributed by atoms with van der Waals surface area (Å²) < 4.78 is 24.1. The second kappa shape index (κ2) is 13.7. The highest BCUT2D eigenvalue weighted by molar-refractivity contribution is 5.87. The van der Waals surface area contributed by atoms with Gasteiger partial charge in [0.2, 0.25) is 11.8 Å². The lowest BCUT2D eigenvalue weighted by Crippen LogP contribution is -2.43. The summed E-state index contributed by atoms with van der Waals surface area (Å²) in [6, 6.07) is 4.41. The van der Waals surface area contributed by atoms with E-state index >= 15 is 0 Å². The monoisotopic (exact) mass is 408 g/mol. The lowest BCUT2D eigenvalue weighted by molar-refractivity contribution is -0.132. The van der Waals surface area contributed by atoms with Gasteiger partial charge < -0.3 is 19.7 Å². The highest BCUT2D eigenvalue weighted by atomic mass is 19.1. The molecule has 0 radical (unpaired) electrons. The van der Waals surface area contributed by atoms with Gasteiger partial charge >= 0.3 is 0 Å². The van der Waals surface area contributed by atoms with E-state index in [4.69, 9.17) is 9.47 Å². The molecule has 0 atom stereocenters. The highest BCUT2D eigenvalue weighted by Gasteiger charge is 2.26. The van der Waals surface area contributed by atoms with E-state index in [-0.39, 0.29) is 23.5 Å². The number of nitrogens with zero attached hydrogens (tertiary/aromatic N) is 1. The molecule has 0 bridgehead atoms. The Kier molecular flexibility index (Phi) is 11.6. The number of carbonyl (C=O) groups is 2. The average Bonchev–Trinajstić information content (AvgIpc) is 2.76. The molecule has 1 aliphatic heterocycles. The molecule has 6 nitrogen and oxygen atoms in total. The molecule has 0 spiro atoms. The van der Waals surface area contributed by atoms with Gasteiger partial charge in [0, 0.05) is 31.6 Å². The van der Waals surface area contributed by atoms with Gasteiger partial charge in [-0.15, -0.1) is 0 Å². The predicted octanol–water partition coefficient (Wildman–Crippen LogP) is 3.10. The number of carbonyl (C=O) groups excluding carboxylic acids is 2. The Balaban J connectivity index is 0.00000204. The summed E-state index contributed by atoms with van der Waals surface area (Å²) in [6.07, 6.45) is 2.62. The van der Waals surface area contributed by atoms with Crippen molar-refractivity contribution in [3.63, 3.8) is 0 Å². The number of benzene rings is 1. The van der Waals surface area contributed by atoms with Gasteiger partial charge in [0.1, 0.15) is 18.2 Å². The van der Waals surface area contributed by atoms with Crippen LogP contribution in [-0.4, -0.2) is 56.2 Å². The number of aryl methyl sites for hydroxylation is 1.